The molecule has 2 atom stereocenters. The fourth-order valence-corrected chi connectivity index (χ4v) is 1.95. The minimum absolute atomic E-state index is 0.395. The highest BCUT2D eigenvalue weighted by Crippen LogP contribution is 2.17. The van der Waals surface area contributed by atoms with E-state index in [1.165, 1.54) is 0 Å². The maximum Gasteiger partial charge on any atom is 0.339 e. The SMILES string of the molecule is CCCCC(CC)COC(=O)[C@H](O)c1ccccc1. The van der Waals surface area contributed by atoms with Gasteiger partial charge < -0.3 is 9.84 Å². The fourth-order valence-electron chi connectivity index (χ4n) is 1.95. The van der Waals surface area contributed by atoms with Gasteiger partial charge in [0.1, 0.15) is 0 Å². The second-order valence-corrected chi connectivity index (χ2v) is 4.86. The first-order chi connectivity index (χ1) is 9.19. The van der Waals surface area contributed by atoms with E-state index >= 15 is 0 Å². The first-order valence-corrected chi connectivity index (χ1v) is 7.08. The Morgan fingerprint density at radius 3 is 2.53 bits per heavy atom. The van der Waals surface area contributed by atoms with Crippen molar-refractivity contribution in [1.29, 1.82) is 0 Å². The minimum Gasteiger partial charge on any atom is -0.463 e. The van der Waals surface area contributed by atoms with Gasteiger partial charge in [0, 0.05) is 0 Å². The van der Waals surface area contributed by atoms with Crippen LogP contribution in [0.3, 0.4) is 0 Å². The van der Waals surface area contributed by atoms with Crippen LogP contribution in [0.5, 0.6) is 0 Å². The van der Waals surface area contributed by atoms with E-state index in [0.717, 1.165) is 25.7 Å². The molecule has 1 aromatic carbocycles. The number of rotatable bonds is 8. The minimum atomic E-state index is -1.18. The Bertz CT molecular complexity index is 362. The predicted molar refractivity (Wildman–Crippen MR) is 75.7 cm³/mol. The summed E-state index contributed by atoms with van der Waals surface area (Å²) in [6, 6.07) is 8.88. The van der Waals surface area contributed by atoms with E-state index in [4.69, 9.17) is 4.74 Å². The molecule has 1 rings (SSSR count). The molecule has 0 aliphatic rings. The molecule has 1 N–H and O–H groups in total. The zero-order valence-electron chi connectivity index (χ0n) is 11.8. The Hall–Kier alpha value is -1.35. The summed E-state index contributed by atoms with van der Waals surface area (Å²) in [5.74, 6) is -0.159. The summed E-state index contributed by atoms with van der Waals surface area (Å²) in [5.41, 5.74) is 0.578. The quantitative estimate of drug-likeness (QED) is 0.731. The molecule has 0 bridgehead atoms. The van der Waals surface area contributed by atoms with Gasteiger partial charge in [0.2, 0.25) is 0 Å². The van der Waals surface area contributed by atoms with Gasteiger partial charge in [-0.1, -0.05) is 63.4 Å². The summed E-state index contributed by atoms with van der Waals surface area (Å²) in [5, 5.41) is 9.88. The Morgan fingerprint density at radius 2 is 1.95 bits per heavy atom. The van der Waals surface area contributed by atoms with Crippen molar-refractivity contribution in [3.8, 4) is 0 Å². The van der Waals surface area contributed by atoms with E-state index in [9.17, 15) is 9.90 Å². The van der Waals surface area contributed by atoms with E-state index in [0.29, 0.717) is 18.1 Å². The van der Waals surface area contributed by atoms with E-state index in [-0.39, 0.29) is 0 Å². The summed E-state index contributed by atoms with van der Waals surface area (Å²) in [4.78, 5) is 11.8. The number of benzene rings is 1. The smallest absolute Gasteiger partial charge is 0.339 e. The lowest BCUT2D eigenvalue weighted by Crippen LogP contribution is -2.19. The molecule has 0 heterocycles. The molecule has 1 unspecified atom stereocenters. The summed E-state index contributed by atoms with van der Waals surface area (Å²) in [6.45, 7) is 4.65. The molecule has 0 aliphatic heterocycles. The average molecular weight is 264 g/mol. The standard InChI is InChI=1S/C16H24O3/c1-3-5-9-13(4-2)12-19-16(18)15(17)14-10-7-6-8-11-14/h6-8,10-11,13,15,17H,3-5,9,12H2,1-2H3/t13?,15-/m1/s1. The Kier molecular flexibility index (Phi) is 7.19. The van der Waals surface area contributed by atoms with Gasteiger partial charge in [-0.25, -0.2) is 4.79 Å². The molecule has 106 valence electrons. The summed E-state index contributed by atoms with van der Waals surface area (Å²) < 4.78 is 5.22. The maximum absolute atomic E-state index is 11.8. The molecule has 3 heteroatoms. The van der Waals surface area contributed by atoms with Gasteiger partial charge in [-0.2, -0.15) is 0 Å². The summed E-state index contributed by atoms with van der Waals surface area (Å²) in [7, 11) is 0. The lowest BCUT2D eigenvalue weighted by Gasteiger charge is -2.16. The van der Waals surface area contributed by atoms with Crippen LogP contribution < -0.4 is 0 Å². The van der Waals surface area contributed by atoms with Crippen molar-refractivity contribution in [1.82, 2.24) is 0 Å². The maximum atomic E-state index is 11.8. The van der Waals surface area contributed by atoms with Crippen molar-refractivity contribution in [3.63, 3.8) is 0 Å². The third-order valence-electron chi connectivity index (χ3n) is 3.34. The number of carbonyl (C=O) groups is 1. The molecule has 0 spiro atoms. The van der Waals surface area contributed by atoms with Crippen molar-refractivity contribution in [2.45, 2.75) is 45.6 Å². The van der Waals surface area contributed by atoms with Crippen molar-refractivity contribution in [2.24, 2.45) is 5.92 Å². The first kappa shape index (κ1) is 15.7. The van der Waals surface area contributed by atoms with Gasteiger partial charge >= 0.3 is 5.97 Å². The number of ether oxygens (including phenoxy) is 1. The number of carbonyl (C=O) groups excluding carboxylic acids is 1. The zero-order valence-corrected chi connectivity index (χ0v) is 11.8. The molecule has 0 radical (unpaired) electrons. The molecule has 1 aromatic rings. The van der Waals surface area contributed by atoms with Gasteiger partial charge in [0.25, 0.3) is 0 Å². The zero-order chi connectivity index (χ0) is 14.1. The molecule has 0 fully saturated rings. The van der Waals surface area contributed by atoms with E-state index < -0.39 is 12.1 Å². The third-order valence-corrected chi connectivity index (χ3v) is 3.34. The van der Waals surface area contributed by atoms with Crippen LogP contribution >= 0.6 is 0 Å². The van der Waals surface area contributed by atoms with Crippen molar-refractivity contribution in [3.05, 3.63) is 35.9 Å². The molecular weight excluding hydrogens is 240 g/mol. The Morgan fingerprint density at radius 1 is 1.26 bits per heavy atom. The average Bonchev–Trinajstić information content (AvgIpc) is 2.47. The molecule has 0 aromatic heterocycles. The van der Waals surface area contributed by atoms with E-state index in [2.05, 4.69) is 13.8 Å². The van der Waals surface area contributed by atoms with Crippen LogP contribution in [0.15, 0.2) is 30.3 Å². The molecule has 19 heavy (non-hydrogen) atoms. The van der Waals surface area contributed by atoms with Gasteiger partial charge in [0.15, 0.2) is 6.10 Å². The van der Waals surface area contributed by atoms with Crippen LogP contribution in [0.4, 0.5) is 0 Å². The van der Waals surface area contributed by atoms with Gasteiger partial charge in [-0.15, -0.1) is 0 Å². The number of aliphatic hydroxyl groups is 1. The van der Waals surface area contributed by atoms with E-state index in [1.807, 2.05) is 6.07 Å². The lowest BCUT2D eigenvalue weighted by atomic mass is 10.0. The highest BCUT2D eigenvalue weighted by Gasteiger charge is 2.19. The summed E-state index contributed by atoms with van der Waals surface area (Å²) in [6.07, 6.45) is 3.19. The highest BCUT2D eigenvalue weighted by molar-refractivity contribution is 5.76. The number of hydrogen-bond donors (Lipinski definition) is 1. The van der Waals surface area contributed by atoms with Crippen molar-refractivity contribution in [2.75, 3.05) is 6.61 Å². The van der Waals surface area contributed by atoms with E-state index in [1.54, 1.807) is 24.3 Å². The molecule has 0 amide bonds. The Labute approximate surface area is 115 Å². The number of hydrogen-bond acceptors (Lipinski definition) is 3. The molecule has 0 aliphatic carbocycles. The molecule has 0 saturated heterocycles. The van der Waals surface area contributed by atoms with Gasteiger partial charge in [-0.05, 0) is 17.9 Å². The number of unbranched alkanes of at least 4 members (excludes halogenated alkanes) is 1. The van der Waals surface area contributed by atoms with Crippen LogP contribution in [0.25, 0.3) is 0 Å². The second-order valence-electron chi connectivity index (χ2n) is 4.86. The van der Waals surface area contributed by atoms with Gasteiger partial charge in [0.05, 0.1) is 6.61 Å². The fraction of sp³-hybridized carbons (Fsp3) is 0.562. The first-order valence-electron chi connectivity index (χ1n) is 7.08. The topological polar surface area (TPSA) is 46.5 Å². The normalized spacial score (nSPS) is 13.8. The van der Waals surface area contributed by atoms with Crippen LogP contribution in [-0.4, -0.2) is 17.7 Å². The molecular formula is C16H24O3. The largest absolute Gasteiger partial charge is 0.463 e. The van der Waals surface area contributed by atoms with Crippen molar-refractivity contribution < 1.29 is 14.6 Å². The predicted octanol–water partition coefficient (Wildman–Crippen LogP) is 3.48. The van der Waals surface area contributed by atoms with Crippen LogP contribution in [0.2, 0.25) is 0 Å². The third kappa shape index (κ3) is 5.43. The van der Waals surface area contributed by atoms with Crippen LogP contribution in [0.1, 0.15) is 51.2 Å². The molecule has 3 nitrogen and oxygen atoms in total. The van der Waals surface area contributed by atoms with Crippen LogP contribution in [-0.2, 0) is 9.53 Å². The second kappa shape index (κ2) is 8.70. The Balaban J connectivity index is 2.42. The van der Waals surface area contributed by atoms with Crippen molar-refractivity contribution >= 4 is 5.97 Å². The monoisotopic (exact) mass is 264 g/mol. The number of aliphatic hydroxyl groups excluding tert-OH is 1. The highest BCUT2D eigenvalue weighted by atomic mass is 16.5. The summed E-state index contributed by atoms with van der Waals surface area (Å²) >= 11 is 0. The number of esters is 1. The molecule has 0 saturated carbocycles. The van der Waals surface area contributed by atoms with Gasteiger partial charge in [-0.3, -0.25) is 0 Å². The van der Waals surface area contributed by atoms with Crippen LogP contribution in [0, 0.1) is 5.92 Å². The lowest BCUT2D eigenvalue weighted by molar-refractivity contribution is -0.155.